The first-order chi connectivity index (χ1) is 12.7. The van der Waals surface area contributed by atoms with Gasteiger partial charge in [0.25, 0.3) is 11.8 Å². The van der Waals surface area contributed by atoms with Gasteiger partial charge >= 0.3 is 12.1 Å². The van der Waals surface area contributed by atoms with E-state index in [4.69, 9.17) is 9.57 Å². The van der Waals surface area contributed by atoms with Crippen molar-refractivity contribution in [1.82, 2.24) is 9.96 Å². The number of likely N-dealkylation sites (tertiary alicyclic amines) is 1. The van der Waals surface area contributed by atoms with E-state index in [1.54, 1.807) is 32.9 Å². The van der Waals surface area contributed by atoms with Crippen molar-refractivity contribution in [2.45, 2.75) is 51.7 Å². The van der Waals surface area contributed by atoms with E-state index in [1.807, 2.05) is 0 Å². The molecule has 1 saturated heterocycles. The quantitative estimate of drug-likeness (QED) is 0.755. The zero-order valence-electron chi connectivity index (χ0n) is 15.6. The molecule has 0 bridgehead atoms. The maximum atomic E-state index is 12.3. The molecular weight excluding hydrogens is 352 g/mol. The number of carbonyl (C=O) groups excluding carboxylic acids is 4. The van der Waals surface area contributed by atoms with E-state index < -0.39 is 29.5 Å². The predicted octanol–water partition coefficient (Wildman–Crippen LogP) is 2.53. The van der Waals surface area contributed by atoms with E-state index in [9.17, 15) is 19.2 Å². The first-order valence-electron chi connectivity index (χ1n) is 8.85. The van der Waals surface area contributed by atoms with Gasteiger partial charge in [-0.3, -0.25) is 9.59 Å². The van der Waals surface area contributed by atoms with Gasteiger partial charge in [0, 0.05) is 12.6 Å². The number of benzene rings is 1. The van der Waals surface area contributed by atoms with Crippen LogP contribution in [-0.4, -0.2) is 52.0 Å². The second kappa shape index (κ2) is 7.02. The number of fused-ring (bicyclic) bond motifs is 1. The van der Waals surface area contributed by atoms with E-state index in [2.05, 4.69) is 0 Å². The number of rotatable bonds is 3. The molecule has 2 aliphatic heterocycles. The number of amides is 3. The first-order valence-corrected chi connectivity index (χ1v) is 8.85. The van der Waals surface area contributed by atoms with E-state index in [0.29, 0.717) is 18.0 Å². The monoisotopic (exact) mass is 374 g/mol. The van der Waals surface area contributed by atoms with Crippen molar-refractivity contribution in [3.8, 4) is 0 Å². The molecule has 1 aromatic rings. The topological polar surface area (TPSA) is 93.2 Å². The summed E-state index contributed by atoms with van der Waals surface area (Å²) < 4.78 is 5.36. The largest absolute Gasteiger partial charge is 0.444 e. The van der Waals surface area contributed by atoms with Gasteiger partial charge in [-0.15, -0.1) is 0 Å². The number of hydroxylamine groups is 2. The number of ether oxygens (including phenoxy) is 1. The Bertz CT molecular complexity index is 763. The lowest BCUT2D eigenvalue weighted by atomic mass is 10.1. The Balaban J connectivity index is 1.62. The van der Waals surface area contributed by atoms with Crippen LogP contribution in [0, 0.1) is 0 Å². The van der Waals surface area contributed by atoms with E-state index in [0.717, 1.165) is 6.42 Å². The lowest BCUT2D eigenvalue weighted by Crippen LogP contribution is -2.41. The van der Waals surface area contributed by atoms with Crippen LogP contribution in [0.15, 0.2) is 24.3 Å². The standard InChI is InChI=1S/C19H22N2O6/c1-19(2,3)26-18(25)20-10-6-7-12(20)11-15(22)27-21-16(23)13-8-4-5-9-14(13)17(21)24/h4-5,8-9,12H,6-7,10-11H2,1-3H3/t12-/m1/s1. The van der Waals surface area contributed by atoms with Crippen LogP contribution in [0.5, 0.6) is 0 Å². The fourth-order valence-electron chi connectivity index (χ4n) is 3.19. The fraction of sp³-hybridized carbons (Fsp3) is 0.474. The Hall–Kier alpha value is -2.90. The van der Waals surface area contributed by atoms with Crippen LogP contribution >= 0.6 is 0 Å². The summed E-state index contributed by atoms with van der Waals surface area (Å²) in [6, 6.07) is 5.89. The highest BCUT2D eigenvalue weighted by Gasteiger charge is 2.40. The Morgan fingerprint density at radius 3 is 2.26 bits per heavy atom. The van der Waals surface area contributed by atoms with E-state index in [-0.39, 0.29) is 23.6 Å². The maximum Gasteiger partial charge on any atom is 0.410 e. The second-order valence-corrected chi connectivity index (χ2v) is 7.59. The smallest absolute Gasteiger partial charge is 0.410 e. The molecule has 2 aliphatic rings. The summed E-state index contributed by atoms with van der Waals surface area (Å²) in [7, 11) is 0. The van der Waals surface area contributed by atoms with E-state index >= 15 is 0 Å². The molecule has 0 aromatic heterocycles. The molecule has 0 saturated carbocycles. The number of nitrogens with zero attached hydrogens (tertiary/aromatic N) is 2. The van der Waals surface area contributed by atoms with Crippen molar-refractivity contribution >= 4 is 23.9 Å². The number of carbonyl (C=O) groups is 4. The van der Waals surface area contributed by atoms with Crippen molar-refractivity contribution in [3.05, 3.63) is 35.4 Å². The molecule has 0 radical (unpaired) electrons. The normalized spacial score (nSPS) is 19.3. The van der Waals surface area contributed by atoms with Gasteiger partial charge in [-0.25, -0.2) is 9.59 Å². The molecule has 1 aromatic carbocycles. The SMILES string of the molecule is CC(C)(C)OC(=O)N1CCC[C@@H]1CC(=O)ON1C(=O)c2ccccc2C1=O. The molecule has 144 valence electrons. The lowest BCUT2D eigenvalue weighted by molar-refractivity contribution is -0.169. The summed E-state index contributed by atoms with van der Waals surface area (Å²) in [6.07, 6.45) is 0.756. The van der Waals surface area contributed by atoms with Crippen molar-refractivity contribution in [2.24, 2.45) is 0 Å². The minimum Gasteiger partial charge on any atom is -0.444 e. The van der Waals surface area contributed by atoms with Gasteiger partial charge in [-0.1, -0.05) is 17.2 Å². The molecule has 1 atom stereocenters. The van der Waals surface area contributed by atoms with Gasteiger partial charge in [0.15, 0.2) is 0 Å². The molecule has 0 spiro atoms. The molecule has 8 heteroatoms. The Kier molecular flexibility index (Phi) is 4.91. The third-order valence-corrected chi connectivity index (χ3v) is 4.36. The highest BCUT2D eigenvalue weighted by atomic mass is 16.7. The molecule has 27 heavy (non-hydrogen) atoms. The molecule has 8 nitrogen and oxygen atoms in total. The summed E-state index contributed by atoms with van der Waals surface area (Å²) in [4.78, 5) is 55.6. The molecule has 1 fully saturated rings. The van der Waals surface area contributed by atoms with Crippen molar-refractivity contribution in [1.29, 1.82) is 0 Å². The van der Waals surface area contributed by atoms with Gasteiger partial charge in [-0.2, -0.15) is 0 Å². The third-order valence-electron chi connectivity index (χ3n) is 4.36. The van der Waals surface area contributed by atoms with Gasteiger partial charge in [0.2, 0.25) is 0 Å². The van der Waals surface area contributed by atoms with E-state index in [1.165, 1.54) is 17.0 Å². The summed E-state index contributed by atoms with van der Waals surface area (Å²) in [5.74, 6) is -2.08. The highest BCUT2D eigenvalue weighted by Crippen LogP contribution is 2.26. The second-order valence-electron chi connectivity index (χ2n) is 7.59. The van der Waals surface area contributed by atoms with Crippen LogP contribution < -0.4 is 0 Å². The number of hydrogen-bond donors (Lipinski definition) is 0. The Morgan fingerprint density at radius 2 is 1.70 bits per heavy atom. The van der Waals surface area contributed by atoms with Crippen LogP contribution in [0.3, 0.4) is 0 Å². The van der Waals surface area contributed by atoms with Gasteiger partial charge in [0.1, 0.15) is 5.60 Å². The minimum atomic E-state index is -0.745. The van der Waals surface area contributed by atoms with Crippen molar-refractivity contribution in [2.75, 3.05) is 6.54 Å². The van der Waals surface area contributed by atoms with Crippen LogP contribution in [0.1, 0.15) is 60.7 Å². The summed E-state index contributed by atoms with van der Waals surface area (Å²) in [6.45, 7) is 5.80. The van der Waals surface area contributed by atoms with Gasteiger partial charge < -0.3 is 14.5 Å². The molecule has 0 unspecified atom stereocenters. The minimum absolute atomic E-state index is 0.118. The van der Waals surface area contributed by atoms with Crippen LogP contribution in [0.2, 0.25) is 0 Å². The fourth-order valence-corrected chi connectivity index (χ4v) is 3.19. The zero-order chi connectivity index (χ0) is 19.8. The predicted molar refractivity (Wildman–Crippen MR) is 93.6 cm³/mol. The Morgan fingerprint density at radius 1 is 1.11 bits per heavy atom. The van der Waals surface area contributed by atoms with Crippen LogP contribution in [0.4, 0.5) is 4.79 Å². The van der Waals surface area contributed by atoms with Gasteiger partial charge in [-0.05, 0) is 45.7 Å². The zero-order valence-corrected chi connectivity index (χ0v) is 15.6. The average molecular weight is 374 g/mol. The molecule has 0 N–H and O–H groups in total. The number of imide groups is 1. The summed E-state index contributed by atoms with van der Waals surface area (Å²) >= 11 is 0. The highest BCUT2D eigenvalue weighted by molar-refractivity contribution is 6.20. The third kappa shape index (κ3) is 3.94. The molecule has 0 aliphatic carbocycles. The molecular formula is C19H22N2O6. The van der Waals surface area contributed by atoms with Crippen molar-refractivity contribution in [3.63, 3.8) is 0 Å². The van der Waals surface area contributed by atoms with Gasteiger partial charge in [0.05, 0.1) is 17.5 Å². The first kappa shape index (κ1) is 18.9. The number of hydrogen-bond acceptors (Lipinski definition) is 6. The average Bonchev–Trinajstić information content (AvgIpc) is 3.13. The summed E-state index contributed by atoms with van der Waals surface area (Å²) in [5.41, 5.74) is -0.233. The van der Waals surface area contributed by atoms with Crippen LogP contribution in [0.25, 0.3) is 0 Å². The lowest BCUT2D eigenvalue weighted by Gasteiger charge is -2.28. The van der Waals surface area contributed by atoms with Crippen LogP contribution in [-0.2, 0) is 14.4 Å². The molecule has 2 heterocycles. The molecule has 3 rings (SSSR count). The van der Waals surface area contributed by atoms with Crippen molar-refractivity contribution < 1.29 is 28.8 Å². The summed E-state index contributed by atoms with van der Waals surface area (Å²) in [5, 5.41) is 0.486. The molecule has 3 amide bonds. The maximum absolute atomic E-state index is 12.3. The Labute approximate surface area is 157 Å².